The zero-order valence-electron chi connectivity index (χ0n) is 14.4. The van der Waals surface area contributed by atoms with Crippen molar-refractivity contribution >= 4 is 45.2 Å². The lowest BCUT2D eigenvalue weighted by atomic mass is 10.1. The van der Waals surface area contributed by atoms with Crippen molar-refractivity contribution in [1.29, 1.82) is 0 Å². The number of likely N-dealkylation sites (N-methyl/N-ethyl adjacent to an activating group) is 1. The topological polar surface area (TPSA) is 59.5 Å². The molecule has 0 aliphatic heterocycles. The van der Waals surface area contributed by atoms with Crippen molar-refractivity contribution < 1.29 is 14.3 Å². The Bertz CT molecular complexity index is 876. The predicted octanol–water partition coefficient (Wildman–Crippen LogP) is 3.76. The highest BCUT2D eigenvalue weighted by atomic mass is 32.2. The molecule has 1 heterocycles. The Hall–Kier alpha value is -2.38. The minimum atomic E-state index is -0.935. The van der Waals surface area contributed by atoms with Gasteiger partial charge in [0.2, 0.25) is 6.10 Å². The highest BCUT2D eigenvalue weighted by Crippen LogP contribution is 2.30. The average Bonchev–Trinajstić information content (AvgIpc) is 3.07. The quantitative estimate of drug-likeness (QED) is 0.477. The van der Waals surface area contributed by atoms with Crippen molar-refractivity contribution in [3.8, 4) is 0 Å². The van der Waals surface area contributed by atoms with Crippen LogP contribution in [-0.2, 0) is 14.3 Å². The molecule has 0 aliphatic rings. The zero-order valence-corrected chi connectivity index (χ0v) is 16.0. The summed E-state index contributed by atoms with van der Waals surface area (Å²) in [4.78, 5) is 30.6. The molecule has 1 atom stereocenters. The summed E-state index contributed by atoms with van der Waals surface area (Å²) in [5, 5.41) is 0. The van der Waals surface area contributed by atoms with Gasteiger partial charge in [0.15, 0.2) is 4.34 Å². The molecule has 7 heteroatoms. The number of thioether (sulfide) groups is 1. The SMILES string of the molecule is CN(C)C(=O)[C@H](OC(=O)CSc1nc2ccccc2s1)c1ccccc1. The Kier molecular flexibility index (Phi) is 5.90. The highest BCUT2D eigenvalue weighted by Gasteiger charge is 2.26. The van der Waals surface area contributed by atoms with E-state index in [0.29, 0.717) is 5.56 Å². The Morgan fingerprint density at radius 3 is 2.50 bits per heavy atom. The van der Waals surface area contributed by atoms with Gasteiger partial charge < -0.3 is 9.64 Å². The van der Waals surface area contributed by atoms with E-state index in [1.54, 1.807) is 26.2 Å². The number of aromatic nitrogens is 1. The lowest BCUT2D eigenvalue weighted by Crippen LogP contribution is -2.31. The first-order valence-corrected chi connectivity index (χ1v) is 9.79. The first-order valence-electron chi connectivity index (χ1n) is 7.98. The van der Waals surface area contributed by atoms with Gasteiger partial charge in [0, 0.05) is 19.7 Å². The van der Waals surface area contributed by atoms with E-state index in [4.69, 9.17) is 4.74 Å². The normalized spacial score (nSPS) is 11.9. The second-order valence-electron chi connectivity index (χ2n) is 5.75. The number of fused-ring (bicyclic) bond motifs is 1. The number of ether oxygens (including phenoxy) is 1. The van der Waals surface area contributed by atoms with E-state index in [1.165, 1.54) is 28.0 Å². The van der Waals surface area contributed by atoms with Crippen LogP contribution in [0, 0.1) is 0 Å². The Morgan fingerprint density at radius 2 is 1.81 bits per heavy atom. The zero-order chi connectivity index (χ0) is 18.5. The van der Waals surface area contributed by atoms with Gasteiger partial charge in [-0.25, -0.2) is 4.98 Å². The van der Waals surface area contributed by atoms with Gasteiger partial charge in [-0.1, -0.05) is 54.2 Å². The number of esters is 1. The summed E-state index contributed by atoms with van der Waals surface area (Å²) < 4.78 is 7.36. The molecule has 3 aromatic rings. The Morgan fingerprint density at radius 1 is 1.12 bits per heavy atom. The van der Waals surface area contributed by atoms with Crippen LogP contribution in [0.25, 0.3) is 10.2 Å². The number of hydrogen-bond donors (Lipinski definition) is 0. The number of amides is 1. The summed E-state index contributed by atoms with van der Waals surface area (Å²) >= 11 is 2.85. The van der Waals surface area contributed by atoms with E-state index >= 15 is 0 Å². The third-order valence-corrected chi connectivity index (χ3v) is 5.76. The van der Waals surface area contributed by atoms with Gasteiger partial charge in [-0.15, -0.1) is 11.3 Å². The third kappa shape index (κ3) is 4.42. The second kappa shape index (κ2) is 8.33. The van der Waals surface area contributed by atoms with Crippen molar-refractivity contribution in [3.05, 3.63) is 60.2 Å². The van der Waals surface area contributed by atoms with Gasteiger partial charge in [0.1, 0.15) is 0 Å². The van der Waals surface area contributed by atoms with Crippen molar-refractivity contribution in [2.75, 3.05) is 19.8 Å². The molecular weight excluding hydrogens is 368 g/mol. The monoisotopic (exact) mass is 386 g/mol. The first kappa shape index (κ1) is 18.4. The molecule has 0 saturated heterocycles. The lowest BCUT2D eigenvalue weighted by Gasteiger charge is -2.21. The molecular formula is C19H18N2O3S2. The number of thiazole rings is 1. The average molecular weight is 386 g/mol. The lowest BCUT2D eigenvalue weighted by molar-refractivity contribution is -0.157. The summed E-state index contributed by atoms with van der Waals surface area (Å²) in [6, 6.07) is 16.9. The number of hydrogen-bond acceptors (Lipinski definition) is 6. The fourth-order valence-electron chi connectivity index (χ4n) is 2.32. The molecule has 1 aromatic heterocycles. The standard InChI is InChI=1S/C19H18N2O3S2/c1-21(2)18(23)17(13-8-4-3-5-9-13)24-16(22)12-25-19-20-14-10-6-7-11-15(14)26-19/h3-11,17H,12H2,1-2H3/t17-/m1/s1. The van der Waals surface area contributed by atoms with Crippen molar-refractivity contribution in [3.63, 3.8) is 0 Å². The van der Waals surface area contributed by atoms with Crippen molar-refractivity contribution in [2.45, 2.75) is 10.4 Å². The molecule has 0 N–H and O–H groups in total. The number of nitrogens with zero attached hydrogens (tertiary/aromatic N) is 2. The van der Waals surface area contributed by atoms with Gasteiger partial charge in [0.25, 0.3) is 5.91 Å². The molecule has 134 valence electrons. The van der Waals surface area contributed by atoms with Crippen LogP contribution in [0.5, 0.6) is 0 Å². The smallest absolute Gasteiger partial charge is 0.317 e. The van der Waals surface area contributed by atoms with E-state index in [2.05, 4.69) is 4.98 Å². The molecule has 0 spiro atoms. The van der Waals surface area contributed by atoms with Crippen LogP contribution in [-0.4, -0.2) is 41.6 Å². The van der Waals surface area contributed by atoms with Gasteiger partial charge in [-0.3, -0.25) is 9.59 Å². The summed E-state index contributed by atoms with van der Waals surface area (Å²) in [6.07, 6.45) is -0.935. The largest absolute Gasteiger partial charge is 0.447 e. The van der Waals surface area contributed by atoms with Crippen LogP contribution in [0.15, 0.2) is 58.9 Å². The van der Waals surface area contributed by atoms with E-state index < -0.39 is 12.1 Å². The molecule has 0 radical (unpaired) electrons. The molecule has 0 bridgehead atoms. The van der Waals surface area contributed by atoms with Gasteiger partial charge in [0.05, 0.1) is 16.0 Å². The minimum Gasteiger partial charge on any atom is -0.447 e. The summed E-state index contributed by atoms with van der Waals surface area (Å²) in [5.74, 6) is -0.614. The van der Waals surface area contributed by atoms with E-state index in [0.717, 1.165) is 14.6 Å². The van der Waals surface area contributed by atoms with Crippen molar-refractivity contribution in [1.82, 2.24) is 9.88 Å². The number of carbonyl (C=O) groups excluding carboxylic acids is 2. The van der Waals surface area contributed by atoms with Crippen LogP contribution in [0.4, 0.5) is 0 Å². The molecule has 0 unspecified atom stereocenters. The third-order valence-electron chi connectivity index (χ3n) is 3.60. The second-order valence-corrected chi connectivity index (χ2v) is 8.00. The van der Waals surface area contributed by atoms with Crippen molar-refractivity contribution in [2.24, 2.45) is 0 Å². The van der Waals surface area contributed by atoms with Crippen LogP contribution < -0.4 is 0 Å². The number of carbonyl (C=O) groups is 2. The molecule has 0 fully saturated rings. The summed E-state index contributed by atoms with van der Waals surface area (Å²) in [6.45, 7) is 0. The maximum absolute atomic E-state index is 12.4. The number of para-hydroxylation sites is 1. The molecule has 0 aliphatic carbocycles. The molecule has 3 rings (SSSR count). The number of benzene rings is 2. The van der Waals surface area contributed by atoms with E-state index in [-0.39, 0.29) is 11.7 Å². The highest BCUT2D eigenvalue weighted by molar-refractivity contribution is 8.01. The number of rotatable bonds is 6. The Balaban J connectivity index is 1.66. The predicted molar refractivity (Wildman–Crippen MR) is 104 cm³/mol. The summed E-state index contributed by atoms with van der Waals surface area (Å²) in [7, 11) is 3.28. The fourth-order valence-corrected chi connectivity index (χ4v) is 4.17. The van der Waals surface area contributed by atoms with Gasteiger partial charge in [-0.2, -0.15) is 0 Å². The first-order chi connectivity index (χ1) is 12.5. The van der Waals surface area contributed by atoms with Crippen LogP contribution >= 0.6 is 23.1 Å². The minimum absolute atomic E-state index is 0.101. The van der Waals surface area contributed by atoms with Crippen LogP contribution in [0.2, 0.25) is 0 Å². The molecule has 1 amide bonds. The molecule has 5 nitrogen and oxygen atoms in total. The van der Waals surface area contributed by atoms with Gasteiger partial charge in [-0.05, 0) is 12.1 Å². The van der Waals surface area contributed by atoms with Crippen LogP contribution in [0.3, 0.4) is 0 Å². The Labute approximate surface area is 160 Å². The maximum Gasteiger partial charge on any atom is 0.317 e. The van der Waals surface area contributed by atoms with Gasteiger partial charge >= 0.3 is 5.97 Å². The molecule has 2 aromatic carbocycles. The fraction of sp³-hybridized carbons (Fsp3) is 0.211. The maximum atomic E-state index is 12.4. The van der Waals surface area contributed by atoms with E-state index in [9.17, 15) is 9.59 Å². The van der Waals surface area contributed by atoms with Crippen LogP contribution in [0.1, 0.15) is 11.7 Å². The summed E-state index contributed by atoms with van der Waals surface area (Å²) in [5.41, 5.74) is 1.57. The molecule has 0 saturated carbocycles. The van der Waals surface area contributed by atoms with E-state index in [1.807, 2.05) is 42.5 Å². The molecule has 26 heavy (non-hydrogen) atoms.